The van der Waals surface area contributed by atoms with Gasteiger partial charge in [0.25, 0.3) is 0 Å². The Morgan fingerprint density at radius 2 is 2.24 bits per heavy atom. The lowest BCUT2D eigenvalue weighted by atomic mass is 10.1. The fourth-order valence-corrected chi connectivity index (χ4v) is 4.97. The van der Waals surface area contributed by atoms with Gasteiger partial charge in [0.15, 0.2) is 9.84 Å². The highest BCUT2D eigenvalue weighted by Crippen LogP contribution is 2.27. The SMILES string of the molecule is CC(NCC1CCS(=O)(=O)C1)c1cc2cc(Br)ccc2o1. The van der Waals surface area contributed by atoms with Gasteiger partial charge in [-0.3, -0.25) is 0 Å². The highest BCUT2D eigenvalue weighted by molar-refractivity contribution is 9.10. The third-order valence-corrected chi connectivity index (χ3v) is 6.29. The maximum atomic E-state index is 11.5. The van der Waals surface area contributed by atoms with Crippen LogP contribution in [0.15, 0.2) is 33.2 Å². The Bertz CT molecular complexity index is 753. The Morgan fingerprint density at radius 1 is 1.43 bits per heavy atom. The van der Waals surface area contributed by atoms with Crippen molar-refractivity contribution in [3.05, 3.63) is 34.5 Å². The predicted octanol–water partition coefficient (Wildman–Crippen LogP) is 3.28. The van der Waals surface area contributed by atoms with Gasteiger partial charge in [0, 0.05) is 9.86 Å². The molecule has 0 saturated carbocycles. The maximum Gasteiger partial charge on any atom is 0.150 e. The van der Waals surface area contributed by atoms with Crippen LogP contribution in [0.25, 0.3) is 11.0 Å². The zero-order valence-electron chi connectivity index (χ0n) is 11.8. The monoisotopic (exact) mass is 371 g/mol. The Kier molecular flexibility index (Phi) is 4.12. The number of rotatable bonds is 4. The van der Waals surface area contributed by atoms with Gasteiger partial charge in [-0.15, -0.1) is 0 Å². The van der Waals surface area contributed by atoms with Gasteiger partial charge in [0.05, 0.1) is 17.5 Å². The molecule has 2 atom stereocenters. The zero-order chi connectivity index (χ0) is 15.0. The first-order valence-electron chi connectivity index (χ1n) is 7.06. The second-order valence-corrected chi connectivity index (χ2v) is 8.87. The number of furan rings is 1. The summed E-state index contributed by atoms with van der Waals surface area (Å²) in [5, 5.41) is 4.45. The number of hydrogen-bond donors (Lipinski definition) is 1. The molecular formula is C15H18BrNO3S. The van der Waals surface area contributed by atoms with Gasteiger partial charge >= 0.3 is 0 Å². The van der Waals surface area contributed by atoms with Crippen molar-refractivity contribution in [2.75, 3.05) is 18.1 Å². The molecule has 1 aromatic carbocycles. The lowest BCUT2D eigenvalue weighted by Crippen LogP contribution is -2.26. The van der Waals surface area contributed by atoms with Crippen LogP contribution in [0, 0.1) is 5.92 Å². The third kappa shape index (κ3) is 3.49. The molecule has 0 amide bonds. The molecule has 3 rings (SSSR count). The molecule has 1 saturated heterocycles. The van der Waals surface area contributed by atoms with Gasteiger partial charge in [-0.05, 0) is 50.1 Å². The van der Waals surface area contributed by atoms with Crippen molar-refractivity contribution in [3.63, 3.8) is 0 Å². The maximum absolute atomic E-state index is 11.5. The Hall–Kier alpha value is -0.850. The molecule has 1 aliphatic heterocycles. The molecule has 1 fully saturated rings. The first-order valence-corrected chi connectivity index (χ1v) is 9.67. The molecule has 0 bridgehead atoms. The molecule has 0 radical (unpaired) electrons. The van der Waals surface area contributed by atoms with Crippen LogP contribution >= 0.6 is 15.9 Å². The van der Waals surface area contributed by atoms with Crippen molar-refractivity contribution >= 4 is 36.7 Å². The molecule has 114 valence electrons. The van der Waals surface area contributed by atoms with Gasteiger partial charge in [0.2, 0.25) is 0 Å². The summed E-state index contributed by atoms with van der Waals surface area (Å²) >= 11 is 3.45. The van der Waals surface area contributed by atoms with E-state index in [9.17, 15) is 8.42 Å². The Balaban J connectivity index is 1.65. The van der Waals surface area contributed by atoms with E-state index in [1.54, 1.807) is 0 Å². The minimum atomic E-state index is -2.80. The third-order valence-electron chi connectivity index (χ3n) is 3.96. The van der Waals surface area contributed by atoms with Crippen LogP contribution in [0.4, 0.5) is 0 Å². The van der Waals surface area contributed by atoms with Crippen molar-refractivity contribution in [2.24, 2.45) is 5.92 Å². The normalized spacial score (nSPS) is 22.7. The highest BCUT2D eigenvalue weighted by atomic mass is 79.9. The highest BCUT2D eigenvalue weighted by Gasteiger charge is 2.28. The molecular weight excluding hydrogens is 354 g/mol. The minimum absolute atomic E-state index is 0.0690. The summed E-state index contributed by atoms with van der Waals surface area (Å²) in [5.74, 6) is 1.73. The summed E-state index contributed by atoms with van der Waals surface area (Å²) in [6.45, 7) is 2.75. The minimum Gasteiger partial charge on any atom is -0.459 e. The predicted molar refractivity (Wildman–Crippen MR) is 87.1 cm³/mol. The van der Waals surface area contributed by atoms with Crippen LogP contribution in [0.5, 0.6) is 0 Å². The Labute approximate surface area is 132 Å². The fraction of sp³-hybridized carbons (Fsp3) is 0.467. The topological polar surface area (TPSA) is 59.3 Å². The second-order valence-electron chi connectivity index (χ2n) is 5.73. The summed E-state index contributed by atoms with van der Waals surface area (Å²) < 4.78 is 29.8. The van der Waals surface area contributed by atoms with E-state index in [1.165, 1.54) is 0 Å². The quantitative estimate of drug-likeness (QED) is 0.895. The molecule has 2 heterocycles. The molecule has 6 heteroatoms. The van der Waals surface area contributed by atoms with E-state index in [2.05, 4.69) is 21.2 Å². The van der Waals surface area contributed by atoms with Crippen LogP contribution in [0.1, 0.15) is 25.1 Å². The lowest BCUT2D eigenvalue weighted by Gasteiger charge is -2.14. The second kappa shape index (κ2) is 5.74. The number of benzene rings is 1. The molecule has 0 aliphatic carbocycles. The molecule has 0 spiro atoms. The van der Waals surface area contributed by atoms with Crippen LogP contribution in [0.2, 0.25) is 0 Å². The van der Waals surface area contributed by atoms with Crippen molar-refractivity contribution < 1.29 is 12.8 Å². The van der Waals surface area contributed by atoms with Crippen LogP contribution < -0.4 is 5.32 Å². The van der Waals surface area contributed by atoms with Crippen LogP contribution in [0.3, 0.4) is 0 Å². The summed E-state index contributed by atoms with van der Waals surface area (Å²) in [5.41, 5.74) is 0.866. The van der Waals surface area contributed by atoms with E-state index in [0.29, 0.717) is 18.1 Å². The molecule has 2 unspecified atom stereocenters. The van der Waals surface area contributed by atoms with Gasteiger partial charge in [-0.25, -0.2) is 8.42 Å². The summed E-state index contributed by atoms with van der Waals surface area (Å²) in [6.07, 6.45) is 0.759. The average molecular weight is 372 g/mol. The summed E-state index contributed by atoms with van der Waals surface area (Å²) in [4.78, 5) is 0. The van der Waals surface area contributed by atoms with Crippen molar-refractivity contribution in [1.82, 2.24) is 5.32 Å². The summed E-state index contributed by atoms with van der Waals surface area (Å²) in [7, 11) is -2.80. The van der Waals surface area contributed by atoms with Crippen molar-refractivity contribution in [1.29, 1.82) is 0 Å². The standard InChI is InChI=1S/C15H18BrNO3S/c1-10(17-8-11-4-5-21(18,19)9-11)15-7-12-6-13(16)2-3-14(12)20-15/h2-3,6-7,10-11,17H,4-5,8-9H2,1H3. The smallest absolute Gasteiger partial charge is 0.150 e. The van der Waals surface area contributed by atoms with E-state index in [4.69, 9.17) is 4.42 Å². The van der Waals surface area contributed by atoms with E-state index >= 15 is 0 Å². The molecule has 4 nitrogen and oxygen atoms in total. The number of nitrogens with one attached hydrogen (secondary N) is 1. The molecule has 1 aliphatic rings. The van der Waals surface area contributed by atoms with Crippen molar-refractivity contribution in [3.8, 4) is 0 Å². The molecule has 2 aromatic rings. The van der Waals surface area contributed by atoms with E-state index in [1.807, 2.05) is 31.2 Å². The first-order chi connectivity index (χ1) is 9.93. The molecule has 21 heavy (non-hydrogen) atoms. The summed E-state index contributed by atoms with van der Waals surface area (Å²) in [6, 6.07) is 8.03. The number of halogens is 1. The van der Waals surface area contributed by atoms with Gasteiger partial charge < -0.3 is 9.73 Å². The average Bonchev–Trinajstić information content (AvgIpc) is 2.98. The van der Waals surface area contributed by atoms with Crippen LogP contribution in [-0.4, -0.2) is 26.5 Å². The number of sulfone groups is 1. The number of hydrogen-bond acceptors (Lipinski definition) is 4. The van der Waals surface area contributed by atoms with E-state index < -0.39 is 9.84 Å². The fourth-order valence-electron chi connectivity index (χ4n) is 2.73. The largest absolute Gasteiger partial charge is 0.459 e. The molecule has 1 N–H and O–H groups in total. The van der Waals surface area contributed by atoms with Crippen LogP contribution in [-0.2, 0) is 9.84 Å². The lowest BCUT2D eigenvalue weighted by molar-refractivity contribution is 0.418. The zero-order valence-corrected chi connectivity index (χ0v) is 14.2. The van der Waals surface area contributed by atoms with Crippen molar-refractivity contribution in [2.45, 2.75) is 19.4 Å². The van der Waals surface area contributed by atoms with E-state index in [0.717, 1.165) is 27.6 Å². The van der Waals surface area contributed by atoms with Gasteiger partial charge in [-0.2, -0.15) is 0 Å². The van der Waals surface area contributed by atoms with E-state index in [-0.39, 0.29) is 12.0 Å². The number of fused-ring (bicyclic) bond motifs is 1. The molecule has 1 aromatic heterocycles. The Morgan fingerprint density at radius 3 is 2.95 bits per heavy atom. The van der Waals surface area contributed by atoms with Gasteiger partial charge in [-0.1, -0.05) is 15.9 Å². The van der Waals surface area contributed by atoms with Gasteiger partial charge in [0.1, 0.15) is 11.3 Å². The first kappa shape index (κ1) is 15.1.